The van der Waals surface area contributed by atoms with E-state index in [1.807, 2.05) is 42.5 Å². The molecule has 0 aliphatic heterocycles. The van der Waals surface area contributed by atoms with Gasteiger partial charge in [-0.15, -0.1) is 0 Å². The fourth-order valence-electron chi connectivity index (χ4n) is 1.49. The SMILES string of the molecule is N#Cc1cc(CBr)ccc1Oc1cccc(I)c1. The molecule has 0 radical (unpaired) electrons. The molecule has 0 aliphatic carbocycles. The molecule has 0 fully saturated rings. The third-order valence-electron chi connectivity index (χ3n) is 2.34. The minimum atomic E-state index is 0.547. The van der Waals surface area contributed by atoms with Crippen molar-refractivity contribution < 1.29 is 4.74 Å². The van der Waals surface area contributed by atoms with Gasteiger partial charge in [0, 0.05) is 8.90 Å². The van der Waals surface area contributed by atoms with Gasteiger partial charge in [-0.05, 0) is 58.5 Å². The first-order valence-corrected chi connectivity index (χ1v) is 7.45. The summed E-state index contributed by atoms with van der Waals surface area (Å²) in [4.78, 5) is 0. The fraction of sp³-hybridized carbons (Fsp3) is 0.0714. The van der Waals surface area contributed by atoms with Crippen LogP contribution in [0.25, 0.3) is 0 Å². The molecular formula is C14H9BrINO. The lowest BCUT2D eigenvalue weighted by atomic mass is 10.1. The van der Waals surface area contributed by atoms with Crippen molar-refractivity contribution in [2.75, 3.05) is 0 Å². The third kappa shape index (κ3) is 3.24. The summed E-state index contributed by atoms with van der Waals surface area (Å²) >= 11 is 5.60. The minimum Gasteiger partial charge on any atom is -0.456 e. The number of benzene rings is 2. The molecule has 0 amide bonds. The topological polar surface area (TPSA) is 33.0 Å². The number of hydrogen-bond donors (Lipinski definition) is 0. The van der Waals surface area contributed by atoms with Crippen molar-refractivity contribution in [3.05, 3.63) is 57.2 Å². The summed E-state index contributed by atoms with van der Waals surface area (Å²) in [7, 11) is 0. The molecule has 0 heterocycles. The van der Waals surface area contributed by atoms with Gasteiger partial charge in [-0.1, -0.05) is 28.1 Å². The summed E-state index contributed by atoms with van der Waals surface area (Å²) in [5.74, 6) is 1.33. The lowest BCUT2D eigenvalue weighted by molar-refractivity contribution is 0.480. The van der Waals surface area contributed by atoms with Crippen LogP contribution in [-0.4, -0.2) is 0 Å². The summed E-state index contributed by atoms with van der Waals surface area (Å²) in [5.41, 5.74) is 1.60. The van der Waals surface area contributed by atoms with Crippen LogP contribution in [0.2, 0.25) is 0 Å². The molecular weight excluding hydrogens is 405 g/mol. The van der Waals surface area contributed by atoms with Crippen LogP contribution in [-0.2, 0) is 5.33 Å². The Balaban J connectivity index is 2.32. The first-order valence-electron chi connectivity index (χ1n) is 5.25. The van der Waals surface area contributed by atoms with E-state index in [9.17, 15) is 0 Å². The average molecular weight is 414 g/mol. The van der Waals surface area contributed by atoms with E-state index >= 15 is 0 Å². The van der Waals surface area contributed by atoms with Gasteiger partial charge in [0.05, 0.1) is 5.56 Å². The molecule has 0 atom stereocenters. The molecule has 0 bridgehead atoms. The highest BCUT2D eigenvalue weighted by Gasteiger charge is 2.06. The maximum Gasteiger partial charge on any atom is 0.145 e. The second-order valence-corrected chi connectivity index (χ2v) is 5.44. The molecule has 4 heteroatoms. The molecule has 18 heavy (non-hydrogen) atoms. The normalized spacial score (nSPS) is 9.83. The zero-order chi connectivity index (χ0) is 13.0. The molecule has 90 valence electrons. The van der Waals surface area contributed by atoms with Gasteiger partial charge in [0.2, 0.25) is 0 Å². The Morgan fingerprint density at radius 3 is 2.72 bits per heavy atom. The van der Waals surface area contributed by atoms with Crippen LogP contribution >= 0.6 is 38.5 Å². The first-order chi connectivity index (χ1) is 8.72. The van der Waals surface area contributed by atoms with Crippen LogP contribution in [0.15, 0.2) is 42.5 Å². The molecule has 0 saturated heterocycles. The monoisotopic (exact) mass is 413 g/mol. The second-order valence-electron chi connectivity index (χ2n) is 3.64. The molecule has 0 unspecified atom stereocenters. The number of ether oxygens (including phenoxy) is 1. The first kappa shape index (κ1) is 13.4. The predicted octanol–water partition coefficient (Wildman–Crippen LogP) is 4.85. The van der Waals surface area contributed by atoms with Gasteiger partial charge < -0.3 is 4.74 Å². The minimum absolute atomic E-state index is 0.547. The van der Waals surface area contributed by atoms with Crippen LogP contribution < -0.4 is 4.74 Å². The molecule has 0 aliphatic rings. The van der Waals surface area contributed by atoms with Gasteiger partial charge in [0.1, 0.15) is 17.6 Å². The number of nitriles is 1. The van der Waals surface area contributed by atoms with E-state index in [1.54, 1.807) is 0 Å². The molecule has 0 N–H and O–H groups in total. The maximum atomic E-state index is 9.12. The Bertz CT molecular complexity index is 607. The van der Waals surface area contributed by atoms with Crippen molar-refractivity contribution in [2.45, 2.75) is 5.33 Å². The molecule has 2 nitrogen and oxygen atoms in total. The summed E-state index contributed by atoms with van der Waals surface area (Å²) in [6, 6.07) is 15.5. The summed E-state index contributed by atoms with van der Waals surface area (Å²) in [5, 5.41) is 9.85. The third-order valence-corrected chi connectivity index (χ3v) is 3.66. The number of alkyl halides is 1. The van der Waals surface area contributed by atoms with Gasteiger partial charge in [-0.3, -0.25) is 0 Å². The van der Waals surface area contributed by atoms with Crippen molar-refractivity contribution >= 4 is 38.5 Å². The Kier molecular flexibility index (Phi) is 4.61. The Morgan fingerprint density at radius 1 is 1.22 bits per heavy atom. The van der Waals surface area contributed by atoms with Crippen molar-refractivity contribution in [1.82, 2.24) is 0 Å². The Morgan fingerprint density at radius 2 is 2.06 bits per heavy atom. The smallest absolute Gasteiger partial charge is 0.145 e. The maximum absolute atomic E-state index is 9.12. The Hall–Kier alpha value is -1.06. The van der Waals surface area contributed by atoms with Crippen molar-refractivity contribution in [2.24, 2.45) is 0 Å². The van der Waals surface area contributed by atoms with E-state index < -0.39 is 0 Å². The fourth-order valence-corrected chi connectivity index (χ4v) is 2.36. The summed E-state index contributed by atoms with van der Waals surface area (Å²) in [6.07, 6.45) is 0. The standard InChI is InChI=1S/C14H9BrINO/c15-8-10-4-5-14(11(6-10)9-17)18-13-3-1-2-12(16)7-13/h1-7H,8H2. The van der Waals surface area contributed by atoms with E-state index in [1.165, 1.54) is 0 Å². The van der Waals surface area contributed by atoms with Gasteiger partial charge >= 0.3 is 0 Å². The van der Waals surface area contributed by atoms with Crippen LogP contribution in [0.5, 0.6) is 11.5 Å². The number of hydrogen-bond acceptors (Lipinski definition) is 2. The van der Waals surface area contributed by atoms with E-state index in [0.717, 1.165) is 20.2 Å². The average Bonchev–Trinajstić information content (AvgIpc) is 2.39. The molecule has 2 aromatic rings. The second kappa shape index (κ2) is 6.21. The predicted molar refractivity (Wildman–Crippen MR) is 83.0 cm³/mol. The van der Waals surface area contributed by atoms with Gasteiger partial charge in [-0.2, -0.15) is 5.26 Å². The molecule has 0 aromatic heterocycles. The molecule has 0 spiro atoms. The van der Waals surface area contributed by atoms with Crippen LogP contribution in [0.3, 0.4) is 0 Å². The van der Waals surface area contributed by atoms with Gasteiger partial charge in [0.15, 0.2) is 0 Å². The van der Waals surface area contributed by atoms with E-state index in [2.05, 4.69) is 44.6 Å². The van der Waals surface area contributed by atoms with Crippen LogP contribution in [0, 0.1) is 14.9 Å². The lowest BCUT2D eigenvalue weighted by Crippen LogP contribution is -1.90. The molecule has 0 saturated carbocycles. The highest BCUT2D eigenvalue weighted by atomic mass is 127. The van der Waals surface area contributed by atoms with E-state index in [4.69, 9.17) is 10.00 Å². The van der Waals surface area contributed by atoms with Crippen LogP contribution in [0.4, 0.5) is 0 Å². The van der Waals surface area contributed by atoms with E-state index in [-0.39, 0.29) is 0 Å². The number of nitrogens with zero attached hydrogens (tertiary/aromatic N) is 1. The highest BCUT2D eigenvalue weighted by molar-refractivity contribution is 14.1. The van der Waals surface area contributed by atoms with Crippen molar-refractivity contribution in [3.8, 4) is 17.6 Å². The van der Waals surface area contributed by atoms with E-state index in [0.29, 0.717) is 11.3 Å². The zero-order valence-electron chi connectivity index (χ0n) is 9.36. The highest BCUT2D eigenvalue weighted by Crippen LogP contribution is 2.27. The molecule has 2 rings (SSSR count). The largest absolute Gasteiger partial charge is 0.456 e. The number of rotatable bonds is 3. The number of halogens is 2. The van der Waals surface area contributed by atoms with Gasteiger partial charge in [0.25, 0.3) is 0 Å². The zero-order valence-corrected chi connectivity index (χ0v) is 13.1. The molecule has 2 aromatic carbocycles. The summed E-state index contributed by atoms with van der Waals surface area (Å²) < 4.78 is 6.84. The Labute approximate surface area is 128 Å². The van der Waals surface area contributed by atoms with Crippen LogP contribution in [0.1, 0.15) is 11.1 Å². The summed E-state index contributed by atoms with van der Waals surface area (Å²) in [6.45, 7) is 0. The van der Waals surface area contributed by atoms with Crippen molar-refractivity contribution in [3.63, 3.8) is 0 Å². The quantitative estimate of drug-likeness (QED) is 0.532. The lowest BCUT2D eigenvalue weighted by Gasteiger charge is -2.08. The van der Waals surface area contributed by atoms with Gasteiger partial charge in [-0.25, -0.2) is 0 Å². The van der Waals surface area contributed by atoms with Crippen molar-refractivity contribution in [1.29, 1.82) is 5.26 Å².